The van der Waals surface area contributed by atoms with E-state index in [0.29, 0.717) is 12.3 Å². The van der Waals surface area contributed by atoms with Gasteiger partial charge in [0.1, 0.15) is 6.10 Å². The van der Waals surface area contributed by atoms with Crippen molar-refractivity contribution in [1.82, 2.24) is 0 Å². The minimum atomic E-state index is -2.93. The van der Waals surface area contributed by atoms with Gasteiger partial charge in [-0.1, -0.05) is 30.3 Å². The Kier molecular flexibility index (Phi) is 5.05. The van der Waals surface area contributed by atoms with Crippen LogP contribution in [0.3, 0.4) is 0 Å². The van der Waals surface area contributed by atoms with E-state index in [1.165, 1.54) is 5.56 Å². The van der Waals surface area contributed by atoms with E-state index in [2.05, 4.69) is 12.1 Å². The molecule has 0 unspecified atom stereocenters. The minimum Gasteiger partial charge on any atom is -0.462 e. The van der Waals surface area contributed by atoms with Gasteiger partial charge in [-0.25, -0.2) is 8.42 Å². The van der Waals surface area contributed by atoms with Crippen LogP contribution in [0.5, 0.6) is 0 Å². The zero-order chi connectivity index (χ0) is 16.3. The molecule has 0 radical (unpaired) electrons. The molecule has 2 aliphatic rings. The largest absolute Gasteiger partial charge is 0.462 e. The van der Waals surface area contributed by atoms with Crippen LogP contribution in [-0.2, 0) is 25.8 Å². The predicted molar refractivity (Wildman–Crippen MR) is 88.7 cm³/mol. The number of benzene rings is 1. The number of carbonyl (C=O) groups is 1. The fourth-order valence-corrected chi connectivity index (χ4v) is 5.66. The quantitative estimate of drug-likeness (QED) is 0.776. The molecule has 0 N–H and O–H groups in total. The SMILES string of the molecule is O=C(C[C@@H]1CCS(=O)(=O)C1)O[C@H]1CCC[C@@H]1Cc1ccccc1. The molecule has 1 heterocycles. The van der Waals surface area contributed by atoms with Gasteiger partial charge in [0.2, 0.25) is 0 Å². The summed E-state index contributed by atoms with van der Waals surface area (Å²) in [5, 5.41) is 0. The van der Waals surface area contributed by atoms with Crippen molar-refractivity contribution < 1.29 is 17.9 Å². The normalized spacial score (nSPS) is 29.5. The second-order valence-electron chi connectivity index (χ2n) is 6.88. The summed E-state index contributed by atoms with van der Waals surface area (Å²) in [7, 11) is -2.93. The third kappa shape index (κ3) is 4.56. The summed E-state index contributed by atoms with van der Waals surface area (Å²) in [5.41, 5.74) is 1.28. The Labute approximate surface area is 138 Å². The number of hydrogen-bond donors (Lipinski definition) is 0. The molecule has 5 heteroatoms. The van der Waals surface area contributed by atoms with Crippen LogP contribution in [0.15, 0.2) is 30.3 Å². The molecule has 1 saturated carbocycles. The van der Waals surface area contributed by atoms with Crippen molar-refractivity contribution in [3.05, 3.63) is 35.9 Å². The monoisotopic (exact) mass is 336 g/mol. The van der Waals surface area contributed by atoms with E-state index in [0.717, 1.165) is 25.7 Å². The molecule has 1 saturated heterocycles. The molecule has 0 spiro atoms. The Hall–Kier alpha value is -1.36. The summed E-state index contributed by atoms with van der Waals surface area (Å²) in [4.78, 5) is 12.1. The van der Waals surface area contributed by atoms with Gasteiger partial charge in [0.25, 0.3) is 0 Å². The van der Waals surface area contributed by atoms with E-state index in [4.69, 9.17) is 4.74 Å². The molecule has 0 bridgehead atoms. The van der Waals surface area contributed by atoms with Crippen LogP contribution < -0.4 is 0 Å². The van der Waals surface area contributed by atoms with Crippen LogP contribution in [0.2, 0.25) is 0 Å². The minimum absolute atomic E-state index is 0.0132. The van der Waals surface area contributed by atoms with Crippen LogP contribution in [0, 0.1) is 11.8 Å². The van der Waals surface area contributed by atoms with Gasteiger partial charge in [-0.05, 0) is 49.5 Å². The Morgan fingerprint density at radius 1 is 1.13 bits per heavy atom. The Balaban J connectivity index is 1.51. The fourth-order valence-electron chi connectivity index (χ4n) is 3.79. The summed E-state index contributed by atoms with van der Waals surface area (Å²) < 4.78 is 28.6. The number of sulfone groups is 1. The molecule has 0 aromatic heterocycles. The van der Waals surface area contributed by atoms with E-state index in [1.807, 2.05) is 18.2 Å². The van der Waals surface area contributed by atoms with Gasteiger partial charge in [0.15, 0.2) is 9.84 Å². The molecule has 1 aliphatic heterocycles. The molecule has 23 heavy (non-hydrogen) atoms. The first-order valence-corrected chi connectivity index (χ1v) is 10.3. The lowest BCUT2D eigenvalue weighted by molar-refractivity contribution is -0.151. The topological polar surface area (TPSA) is 60.4 Å². The Bertz CT molecular complexity index is 638. The Morgan fingerprint density at radius 3 is 2.61 bits per heavy atom. The number of hydrogen-bond acceptors (Lipinski definition) is 4. The van der Waals surface area contributed by atoms with Crippen molar-refractivity contribution in [3.8, 4) is 0 Å². The first kappa shape index (κ1) is 16.5. The van der Waals surface area contributed by atoms with Gasteiger partial charge < -0.3 is 4.74 Å². The highest BCUT2D eigenvalue weighted by molar-refractivity contribution is 7.91. The van der Waals surface area contributed by atoms with Crippen LogP contribution in [-0.4, -0.2) is 32.0 Å². The second kappa shape index (κ2) is 7.04. The van der Waals surface area contributed by atoms with Crippen molar-refractivity contribution in [2.45, 2.75) is 44.6 Å². The Morgan fingerprint density at radius 2 is 1.91 bits per heavy atom. The molecule has 3 atom stereocenters. The average molecular weight is 336 g/mol. The zero-order valence-electron chi connectivity index (χ0n) is 13.3. The average Bonchev–Trinajstić information content (AvgIpc) is 3.06. The highest BCUT2D eigenvalue weighted by atomic mass is 32.2. The van der Waals surface area contributed by atoms with E-state index >= 15 is 0 Å². The lowest BCUT2D eigenvalue weighted by atomic mass is 9.96. The maximum atomic E-state index is 12.1. The fraction of sp³-hybridized carbons (Fsp3) is 0.611. The highest BCUT2D eigenvalue weighted by Gasteiger charge is 2.33. The number of ether oxygens (including phenoxy) is 1. The van der Waals surface area contributed by atoms with Crippen molar-refractivity contribution in [1.29, 1.82) is 0 Å². The third-order valence-corrected chi connectivity index (χ3v) is 6.83. The highest BCUT2D eigenvalue weighted by Crippen LogP contribution is 2.32. The number of esters is 1. The number of carbonyl (C=O) groups excluding carboxylic acids is 1. The van der Waals surface area contributed by atoms with Gasteiger partial charge in [-0.2, -0.15) is 0 Å². The predicted octanol–water partition coefficient (Wildman–Crippen LogP) is 2.77. The maximum absolute atomic E-state index is 12.1. The molecule has 1 aromatic rings. The van der Waals surface area contributed by atoms with E-state index < -0.39 is 9.84 Å². The van der Waals surface area contributed by atoms with Crippen molar-refractivity contribution in [2.75, 3.05) is 11.5 Å². The molecule has 2 fully saturated rings. The van der Waals surface area contributed by atoms with Crippen LogP contribution in [0.4, 0.5) is 0 Å². The van der Waals surface area contributed by atoms with E-state index in [9.17, 15) is 13.2 Å². The molecule has 4 nitrogen and oxygen atoms in total. The summed E-state index contributed by atoms with van der Waals surface area (Å²) in [6, 6.07) is 10.3. The standard InChI is InChI=1S/C18H24O4S/c19-18(12-15-9-10-23(20,21)13-15)22-17-8-4-7-16(17)11-14-5-2-1-3-6-14/h1-3,5-6,15-17H,4,7-13H2/t15-,16+,17-/m0/s1. The summed E-state index contributed by atoms with van der Waals surface area (Å²) in [5.74, 6) is 0.456. The summed E-state index contributed by atoms with van der Waals surface area (Å²) >= 11 is 0. The molecular formula is C18H24O4S. The summed E-state index contributed by atoms with van der Waals surface area (Å²) in [6.45, 7) is 0. The lowest BCUT2D eigenvalue weighted by Crippen LogP contribution is -2.25. The third-order valence-electron chi connectivity index (χ3n) is 4.99. The maximum Gasteiger partial charge on any atom is 0.306 e. The van der Waals surface area contributed by atoms with Crippen LogP contribution in [0.25, 0.3) is 0 Å². The molecule has 126 valence electrons. The molecular weight excluding hydrogens is 312 g/mol. The van der Waals surface area contributed by atoms with Gasteiger partial charge in [-0.15, -0.1) is 0 Å². The number of rotatable bonds is 5. The van der Waals surface area contributed by atoms with Gasteiger partial charge >= 0.3 is 5.97 Å². The van der Waals surface area contributed by atoms with E-state index in [-0.39, 0.29) is 35.9 Å². The summed E-state index contributed by atoms with van der Waals surface area (Å²) in [6.07, 6.45) is 4.87. The van der Waals surface area contributed by atoms with Crippen molar-refractivity contribution >= 4 is 15.8 Å². The zero-order valence-corrected chi connectivity index (χ0v) is 14.1. The van der Waals surface area contributed by atoms with E-state index in [1.54, 1.807) is 0 Å². The molecule has 3 rings (SSSR count). The smallest absolute Gasteiger partial charge is 0.306 e. The van der Waals surface area contributed by atoms with Gasteiger partial charge in [-0.3, -0.25) is 4.79 Å². The second-order valence-corrected chi connectivity index (χ2v) is 9.11. The first-order chi connectivity index (χ1) is 11.0. The van der Waals surface area contributed by atoms with Gasteiger partial charge in [0.05, 0.1) is 11.5 Å². The van der Waals surface area contributed by atoms with Crippen molar-refractivity contribution in [2.24, 2.45) is 11.8 Å². The van der Waals surface area contributed by atoms with Crippen LogP contribution in [0.1, 0.15) is 37.7 Å². The molecule has 1 aliphatic carbocycles. The van der Waals surface area contributed by atoms with Crippen LogP contribution >= 0.6 is 0 Å². The first-order valence-electron chi connectivity index (χ1n) is 8.46. The molecule has 1 aromatic carbocycles. The lowest BCUT2D eigenvalue weighted by Gasteiger charge is -2.21. The van der Waals surface area contributed by atoms with Gasteiger partial charge in [0, 0.05) is 6.42 Å². The molecule has 0 amide bonds. The van der Waals surface area contributed by atoms with Crippen molar-refractivity contribution in [3.63, 3.8) is 0 Å².